The molecule has 1 fully saturated rings. The summed E-state index contributed by atoms with van der Waals surface area (Å²) < 4.78 is 5.12. The van der Waals surface area contributed by atoms with E-state index in [9.17, 15) is 10.2 Å². The maximum atomic E-state index is 9.84. The Morgan fingerprint density at radius 2 is 2.19 bits per heavy atom. The van der Waals surface area contributed by atoms with Gasteiger partial charge in [0, 0.05) is 12.1 Å². The first kappa shape index (κ1) is 11.6. The Bertz CT molecular complexity index is 304. The minimum atomic E-state index is -0.640. The highest BCUT2D eigenvalue weighted by Gasteiger charge is 2.33. The van der Waals surface area contributed by atoms with Gasteiger partial charge >= 0.3 is 0 Å². The van der Waals surface area contributed by atoms with Gasteiger partial charge in [-0.05, 0) is 25.0 Å². The molecule has 0 aromatic carbocycles. The number of aliphatic hydroxyl groups excluding tert-OH is 2. The van der Waals surface area contributed by atoms with Crippen LogP contribution in [-0.4, -0.2) is 28.9 Å². The summed E-state index contributed by atoms with van der Waals surface area (Å²) in [5, 5.41) is 22.5. The van der Waals surface area contributed by atoms with Gasteiger partial charge in [-0.1, -0.05) is 12.8 Å². The van der Waals surface area contributed by atoms with Crippen molar-refractivity contribution < 1.29 is 14.6 Å². The Kier molecular flexibility index (Phi) is 3.63. The third kappa shape index (κ3) is 2.45. The Hall–Kier alpha value is -0.840. The first-order chi connectivity index (χ1) is 7.76. The molecule has 3 N–H and O–H groups in total. The summed E-state index contributed by atoms with van der Waals surface area (Å²) >= 11 is 0. The predicted octanol–water partition coefficient (Wildman–Crippen LogP) is 1.21. The fourth-order valence-corrected chi connectivity index (χ4v) is 2.34. The van der Waals surface area contributed by atoms with Crippen LogP contribution in [0, 0.1) is 0 Å². The van der Waals surface area contributed by atoms with Gasteiger partial charge in [-0.3, -0.25) is 0 Å². The predicted molar refractivity (Wildman–Crippen MR) is 60.0 cm³/mol. The van der Waals surface area contributed by atoms with Gasteiger partial charge in [-0.2, -0.15) is 0 Å². The van der Waals surface area contributed by atoms with Gasteiger partial charge < -0.3 is 19.9 Å². The summed E-state index contributed by atoms with van der Waals surface area (Å²) in [7, 11) is 0. The average Bonchev–Trinajstić information content (AvgIpc) is 2.98. The van der Waals surface area contributed by atoms with E-state index in [0.717, 1.165) is 25.7 Å². The Morgan fingerprint density at radius 1 is 1.44 bits per heavy atom. The molecule has 1 heterocycles. The van der Waals surface area contributed by atoms with Crippen molar-refractivity contribution in [2.75, 3.05) is 13.2 Å². The molecule has 0 aliphatic heterocycles. The van der Waals surface area contributed by atoms with Crippen molar-refractivity contribution in [1.82, 2.24) is 5.32 Å². The minimum absolute atomic E-state index is 0.137. The first-order valence-electron chi connectivity index (χ1n) is 5.83. The Balaban J connectivity index is 1.86. The van der Waals surface area contributed by atoms with E-state index in [4.69, 9.17) is 4.42 Å². The van der Waals surface area contributed by atoms with E-state index in [1.165, 1.54) is 0 Å². The molecule has 0 bridgehead atoms. The second-order valence-corrected chi connectivity index (χ2v) is 4.56. The van der Waals surface area contributed by atoms with E-state index in [2.05, 4.69) is 5.32 Å². The van der Waals surface area contributed by atoms with Crippen LogP contribution in [0.3, 0.4) is 0 Å². The highest BCUT2D eigenvalue weighted by atomic mass is 16.4. The molecule has 2 rings (SSSR count). The maximum Gasteiger partial charge on any atom is 0.133 e. The lowest BCUT2D eigenvalue weighted by atomic mass is 9.98. The van der Waals surface area contributed by atoms with Crippen LogP contribution in [0.4, 0.5) is 0 Å². The van der Waals surface area contributed by atoms with E-state index in [1.54, 1.807) is 18.4 Å². The standard InChI is InChI=1S/C12H19NO3/c14-9-12(5-1-2-6-12)13-8-10(15)11-4-3-7-16-11/h3-4,7,10,13-15H,1-2,5-6,8-9H2. The number of hydrogen-bond acceptors (Lipinski definition) is 4. The molecule has 1 saturated carbocycles. The minimum Gasteiger partial charge on any atom is -0.467 e. The average molecular weight is 225 g/mol. The first-order valence-corrected chi connectivity index (χ1v) is 5.83. The van der Waals surface area contributed by atoms with Gasteiger partial charge in [0.2, 0.25) is 0 Å². The topological polar surface area (TPSA) is 65.6 Å². The van der Waals surface area contributed by atoms with Gasteiger partial charge in [0.15, 0.2) is 0 Å². The van der Waals surface area contributed by atoms with E-state index in [0.29, 0.717) is 12.3 Å². The van der Waals surface area contributed by atoms with E-state index < -0.39 is 6.10 Å². The van der Waals surface area contributed by atoms with Crippen LogP contribution in [0.5, 0.6) is 0 Å². The quantitative estimate of drug-likeness (QED) is 0.704. The smallest absolute Gasteiger partial charge is 0.133 e. The molecule has 0 radical (unpaired) electrons. The number of furan rings is 1. The summed E-state index contributed by atoms with van der Waals surface area (Å²) in [6.07, 6.45) is 5.16. The molecule has 16 heavy (non-hydrogen) atoms. The molecule has 90 valence electrons. The lowest BCUT2D eigenvalue weighted by Gasteiger charge is -2.29. The molecule has 1 aliphatic carbocycles. The van der Waals surface area contributed by atoms with Crippen LogP contribution >= 0.6 is 0 Å². The molecule has 0 amide bonds. The fourth-order valence-electron chi connectivity index (χ4n) is 2.34. The molecule has 1 atom stereocenters. The second-order valence-electron chi connectivity index (χ2n) is 4.56. The molecule has 4 heteroatoms. The van der Waals surface area contributed by atoms with Gasteiger partial charge in [-0.15, -0.1) is 0 Å². The van der Waals surface area contributed by atoms with Crippen LogP contribution in [0.15, 0.2) is 22.8 Å². The zero-order valence-electron chi connectivity index (χ0n) is 9.35. The normalized spacial score (nSPS) is 21.1. The highest BCUT2D eigenvalue weighted by molar-refractivity contribution is 5.03. The fraction of sp³-hybridized carbons (Fsp3) is 0.667. The third-order valence-electron chi connectivity index (χ3n) is 3.41. The maximum absolute atomic E-state index is 9.84. The van der Waals surface area contributed by atoms with Crippen LogP contribution in [0.1, 0.15) is 37.5 Å². The largest absolute Gasteiger partial charge is 0.467 e. The lowest BCUT2D eigenvalue weighted by Crippen LogP contribution is -2.47. The third-order valence-corrected chi connectivity index (χ3v) is 3.41. The number of nitrogens with one attached hydrogen (secondary N) is 1. The van der Waals surface area contributed by atoms with Crippen LogP contribution in [-0.2, 0) is 0 Å². The van der Waals surface area contributed by atoms with Crippen LogP contribution in [0.2, 0.25) is 0 Å². The van der Waals surface area contributed by atoms with Crippen LogP contribution in [0.25, 0.3) is 0 Å². The SMILES string of the molecule is OCC1(NCC(O)c2ccco2)CCCC1. The number of β-amino-alcohol motifs (C(OH)–C–C–N with tert-alkyl or cyclic N) is 1. The van der Waals surface area contributed by atoms with E-state index in [-0.39, 0.29) is 12.1 Å². The number of aliphatic hydroxyl groups is 2. The van der Waals surface area contributed by atoms with Crippen molar-refractivity contribution in [3.8, 4) is 0 Å². The van der Waals surface area contributed by atoms with Crippen molar-refractivity contribution in [1.29, 1.82) is 0 Å². The van der Waals surface area contributed by atoms with Gasteiger partial charge in [-0.25, -0.2) is 0 Å². The molecular weight excluding hydrogens is 206 g/mol. The van der Waals surface area contributed by atoms with Crippen molar-refractivity contribution in [2.24, 2.45) is 0 Å². The number of rotatable bonds is 5. The molecule has 4 nitrogen and oxygen atoms in total. The zero-order valence-corrected chi connectivity index (χ0v) is 9.35. The monoisotopic (exact) mass is 225 g/mol. The second kappa shape index (κ2) is 4.99. The van der Waals surface area contributed by atoms with E-state index >= 15 is 0 Å². The Labute approximate surface area is 95.3 Å². The lowest BCUT2D eigenvalue weighted by molar-refractivity contribution is 0.109. The van der Waals surface area contributed by atoms with Gasteiger partial charge in [0.1, 0.15) is 11.9 Å². The summed E-state index contributed by atoms with van der Waals surface area (Å²) in [5.74, 6) is 0.568. The summed E-state index contributed by atoms with van der Waals surface area (Å²) in [6.45, 7) is 0.561. The van der Waals surface area contributed by atoms with Crippen molar-refractivity contribution in [2.45, 2.75) is 37.3 Å². The highest BCUT2D eigenvalue weighted by Crippen LogP contribution is 2.29. The molecule has 1 aliphatic rings. The molecular formula is C12H19NO3. The molecule has 0 saturated heterocycles. The molecule has 0 spiro atoms. The molecule has 1 aromatic heterocycles. The van der Waals surface area contributed by atoms with Gasteiger partial charge in [0.25, 0.3) is 0 Å². The molecule has 1 unspecified atom stereocenters. The summed E-state index contributed by atoms with van der Waals surface area (Å²) in [4.78, 5) is 0. The Morgan fingerprint density at radius 3 is 2.75 bits per heavy atom. The van der Waals surface area contributed by atoms with E-state index in [1.807, 2.05) is 0 Å². The van der Waals surface area contributed by atoms with Crippen molar-refractivity contribution in [3.63, 3.8) is 0 Å². The zero-order chi connectivity index (χ0) is 11.4. The van der Waals surface area contributed by atoms with Crippen LogP contribution < -0.4 is 5.32 Å². The molecule has 1 aromatic rings. The van der Waals surface area contributed by atoms with Gasteiger partial charge in [0.05, 0.1) is 12.9 Å². The summed E-state index contributed by atoms with van der Waals surface area (Å²) in [5.41, 5.74) is -0.187. The van der Waals surface area contributed by atoms with Crippen molar-refractivity contribution in [3.05, 3.63) is 24.2 Å². The summed E-state index contributed by atoms with van der Waals surface area (Å²) in [6, 6.07) is 3.52. The van der Waals surface area contributed by atoms with Crippen molar-refractivity contribution >= 4 is 0 Å². The number of hydrogen-bond donors (Lipinski definition) is 3.